The van der Waals surface area contributed by atoms with Crippen LogP contribution < -0.4 is 10.9 Å². The molecule has 7 heteroatoms. The summed E-state index contributed by atoms with van der Waals surface area (Å²) in [5.41, 5.74) is 0.323. The van der Waals surface area contributed by atoms with E-state index in [1.54, 1.807) is 19.9 Å². The molecule has 2 heterocycles. The first-order valence-electron chi connectivity index (χ1n) is 6.10. The summed E-state index contributed by atoms with van der Waals surface area (Å²) in [4.78, 5) is 41.3. The minimum Gasteiger partial charge on any atom is -0.476 e. The molecule has 108 valence electrons. The van der Waals surface area contributed by atoms with Crippen LogP contribution in [0.2, 0.25) is 0 Å². The number of H-pyrrole nitrogens is 1. The molecule has 21 heavy (non-hydrogen) atoms. The summed E-state index contributed by atoms with van der Waals surface area (Å²) in [5.74, 6) is -1.94. The smallest absolute Gasteiger partial charge is 0.356 e. The number of aromatic carboxylic acids is 1. The normalized spacial score (nSPS) is 10.2. The maximum absolute atomic E-state index is 12.2. The van der Waals surface area contributed by atoms with Gasteiger partial charge in [0.25, 0.3) is 11.5 Å². The molecule has 0 aromatic carbocycles. The van der Waals surface area contributed by atoms with Crippen molar-refractivity contribution in [3.8, 4) is 0 Å². The number of hydrogen-bond acceptors (Lipinski definition) is 4. The van der Waals surface area contributed by atoms with E-state index in [0.29, 0.717) is 11.3 Å². The van der Waals surface area contributed by atoms with Crippen LogP contribution in [0.1, 0.15) is 32.1 Å². The molecule has 0 saturated heterocycles. The molecule has 2 aromatic heterocycles. The average Bonchev–Trinajstić information content (AvgIpc) is 2.37. The first-order chi connectivity index (χ1) is 9.90. The van der Waals surface area contributed by atoms with Crippen molar-refractivity contribution in [2.24, 2.45) is 0 Å². The fourth-order valence-corrected chi connectivity index (χ4v) is 2.00. The highest BCUT2D eigenvalue weighted by Crippen LogP contribution is 2.14. The quantitative estimate of drug-likeness (QED) is 0.788. The number of carbonyl (C=O) groups is 2. The Morgan fingerprint density at radius 1 is 1.33 bits per heavy atom. The fourth-order valence-electron chi connectivity index (χ4n) is 2.00. The molecule has 0 aliphatic carbocycles. The largest absolute Gasteiger partial charge is 0.476 e. The van der Waals surface area contributed by atoms with Crippen LogP contribution in [0.15, 0.2) is 29.2 Å². The molecule has 2 rings (SSSR count). The number of rotatable bonds is 3. The molecule has 2 aromatic rings. The van der Waals surface area contributed by atoms with Gasteiger partial charge < -0.3 is 15.4 Å². The molecule has 0 bridgehead atoms. The molecular weight excluding hydrogens is 274 g/mol. The molecule has 0 spiro atoms. The molecule has 7 nitrogen and oxygen atoms in total. The van der Waals surface area contributed by atoms with E-state index in [4.69, 9.17) is 5.11 Å². The number of carbonyl (C=O) groups excluding carboxylic acids is 1. The molecule has 1 amide bonds. The monoisotopic (exact) mass is 287 g/mol. The third-order valence-electron chi connectivity index (χ3n) is 2.85. The zero-order chi connectivity index (χ0) is 15.6. The van der Waals surface area contributed by atoms with Gasteiger partial charge in [-0.2, -0.15) is 0 Å². The van der Waals surface area contributed by atoms with Crippen molar-refractivity contribution in [3.63, 3.8) is 0 Å². The van der Waals surface area contributed by atoms with Gasteiger partial charge in [0.05, 0.1) is 5.69 Å². The number of aryl methyl sites for hydroxylation is 2. The molecule has 0 unspecified atom stereocenters. The second-order valence-electron chi connectivity index (χ2n) is 4.50. The van der Waals surface area contributed by atoms with E-state index >= 15 is 0 Å². The van der Waals surface area contributed by atoms with Crippen molar-refractivity contribution in [2.45, 2.75) is 13.8 Å². The van der Waals surface area contributed by atoms with E-state index < -0.39 is 17.4 Å². The minimum atomic E-state index is -1.26. The number of anilines is 1. The molecule has 0 aliphatic rings. The third-order valence-corrected chi connectivity index (χ3v) is 2.85. The van der Waals surface area contributed by atoms with Crippen LogP contribution in [0.4, 0.5) is 5.69 Å². The van der Waals surface area contributed by atoms with Gasteiger partial charge in [-0.25, -0.2) is 9.78 Å². The van der Waals surface area contributed by atoms with Gasteiger partial charge in [-0.3, -0.25) is 9.59 Å². The van der Waals surface area contributed by atoms with Gasteiger partial charge in [0.1, 0.15) is 5.56 Å². The summed E-state index contributed by atoms with van der Waals surface area (Å²) in [5, 5.41) is 11.4. The topological polar surface area (TPSA) is 112 Å². The predicted molar refractivity (Wildman–Crippen MR) is 75.7 cm³/mol. The Morgan fingerprint density at radius 3 is 2.67 bits per heavy atom. The van der Waals surface area contributed by atoms with Gasteiger partial charge in [-0.1, -0.05) is 0 Å². The number of nitrogens with one attached hydrogen (secondary N) is 2. The maximum atomic E-state index is 12.2. The lowest BCUT2D eigenvalue weighted by Crippen LogP contribution is -2.26. The first-order valence-corrected chi connectivity index (χ1v) is 6.10. The highest BCUT2D eigenvalue weighted by Gasteiger charge is 2.18. The predicted octanol–water partition coefficient (Wildman–Crippen LogP) is 1.34. The second kappa shape index (κ2) is 5.58. The lowest BCUT2D eigenvalue weighted by atomic mass is 10.1. The molecule has 0 fully saturated rings. The van der Waals surface area contributed by atoms with Crippen molar-refractivity contribution >= 4 is 17.6 Å². The Morgan fingerprint density at radius 2 is 2.05 bits per heavy atom. The van der Waals surface area contributed by atoms with Crippen LogP contribution in [0.25, 0.3) is 0 Å². The first kappa shape index (κ1) is 14.4. The number of nitrogens with zero attached hydrogens (tertiary/aromatic N) is 1. The Hall–Kier alpha value is -2.96. The van der Waals surface area contributed by atoms with Crippen LogP contribution in [-0.2, 0) is 0 Å². The SMILES string of the molecule is Cc1cc(C)c(C(=O)Nc2cccnc2C(=O)O)c(=O)[nH]1. The van der Waals surface area contributed by atoms with Crippen molar-refractivity contribution in [1.82, 2.24) is 9.97 Å². The average molecular weight is 287 g/mol. The van der Waals surface area contributed by atoms with Crippen molar-refractivity contribution in [2.75, 3.05) is 5.32 Å². The summed E-state index contributed by atoms with van der Waals surface area (Å²) < 4.78 is 0. The second-order valence-corrected chi connectivity index (χ2v) is 4.50. The van der Waals surface area contributed by atoms with E-state index in [1.807, 2.05) is 0 Å². The van der Waals surface area contributed by atoms with Crippen molar-refractivity contribution in [1.29, 1.82) is 0 Å². The van der Waals surface area contributed by atoms with Gasteiger partial charge in [0.15, 0.2) is 5.69 Å². The van der Waals surface area contributed by atoms with E-state index in [1.165, 1.54) is 18.3 Å². The highest BCUT2D eigenvalue weighted by molar-refractivity contribution is 6.07. The molecule has 0 saturated carbocycles. The Kier molecular flexibility index (Phi) is 3.84. The number of aromatic nitrogens is 2. The Balaban J connectivity index is 2.40. The third kappa shape index (κ3) is 2.97. The minimum absolute atomic E-state index is 0.0365. The van der Waals surface area contributed by atoms with E-state index in [-0.39, 0.29) is 16.9 Å². The summed E-state index contributed by atoms with van der Waals surface area (Å²) in [7, 11) is 0. The molecular formula is C14H13N3O4. The number of hydrogen-bond donors (Lipinski definition) is 3. The van der Waals surface area contributed by atoms with Gasteiger partial charge in [0.2, 0.25) is 0 Å². The summed E-state index contributed by atoms with van der Waals surface area (Å²) in [6.45, 7) is 3.35. The van der Waals surface area contributed by atoms with Crippen LogP contribution in [-0.4, -0.2) is 27.0 Å². The van der Waals surface area contributed by atoms with Crippen LogP contribution >= 0.6 is 0 Å². The Labute approximate surface area is 119 Å². The number of carboxylic acids is 1. The number of pyridine rings is 2. The van der Waals surface area contributed by atoms with Crippen LogP contribution in [0.3, 0.4) is 0 Å². The zero-order valence-electron chi connectivity index (χ0n) is 11.4. The summed E-state index contributed by atoms with van der Waals surface area (Å²) in [6.07, 6.45) is 1.31. The highest BCUT2D eigenvalue weighted by atomic mass is 16.4. The lowest BCUT2D eigenvalue weighted by Gasteiger charge is -2.09. The summed E-state index contributed by atoms with van der Waals surface area (Å²) in [6, 6.07) is 4.57. The number of carboxylic acid groups (broad SMARTS) is 1. The number of aromatic amines is 1. The van der Waals surface area contributed by atoms with Gasteiger partial charge in [-0.15, -0.1) is 0 Å². The van der Waals surface area contributed by atoms with Crippen LogP contribution in [0.5, 0.6) is 0 Å². The molecule has 3 N–H and O–H groups in total. The van der Waals surface area contributed by atoms with Crippen molar-refractivity contribution in [3.05, 3.63) is 57.3 Å². The maximum Gasteiger partial charge on any atom is 0.356 e. The zero-order valence-corrected chi connectivity index (χ0v) is 11.4. The summed E-state index contributed by atoms with van der Waals surface area (Å²) >= 11 is 0. The van der Waals surface area contributed by atoms with E-state index in [0.717, 1.165) is 0 Å². The Bertz CT molecular complexity index is 780. The standard InChI is InChI=1S/C14H13N3O4/c1-7-6-8(2)16-12(18)10(7)13(19)17-9-4-3-5-15-11(9)14(20)21/h3-6H,1-2H3,(H,16,18)(H,17,19)(H,20,21). The van der Waals surface area contributed by atoms with E-state index in [9.17, 15) is 14.4 Å². The fraction of sp³-hybridized carbons (Fsp3) is 0.143. The molecule has 0 atom stereocenters. The van der Waals surface area contributed by atoms with Crippen molar-refractivity contribution < 1.29 is 14.7 Å². The van der Waals surface area contributed by atoms with Crippen LogP contribution in [0, 0.1) is 13.8 Å². The molecule has 0 aliphatic heterocycles. The van der Waals surface area contributed by atoms with E-state index in [2.05, 4.69) is 15.3 Å². The lowest BCUT2D eigenvalue weighted by molar-refractivity contribution is 0.0691. The van der Waals surface area contributed by atoms with Gasteiger partial charge in [-0.05, 0) is 37.6 Å². The number of amides is 1. The molecule has 0 radical (unpaired) electrons. The van der Waals surface area contributed by atoms with Gasteiger partial charge in [0, 0.05) is 11.9 Å². The van der Waals surface area contributed by atoms with Gasteiger partial charge >= 0.3 is 5.97 Å².